The van der Waals surface area contributed by atoms with Crippen LogP contribution in [0.4, 0.5) is 5.69 Å². The van der Waals surface area contributed by atoms with Gasteiger partial charge >= 0.3 is 0 Å². The van der Waals surface area contributed by atoms with E-state index in [0.29, 0.717) is 16.8 Å². The van der Waals surface area contributed by atoms with Crippen molar-refractivity contribution >= 4 is 17.4 Å². The van der Waals surface area contributed by atoms with Gasteiger partial charge in [0, 0.05) is 23.5 Å². The van der Waals surface area contributed by atoms with Gasteiger partial charge < -0.3 is 5.11 Å². The highest BCUT2D eigenvalue weighted by Gasteiger charge is 2.50. The van der Waals surface area contributed by atoms with E-state index >= 15 is 0 Å². The van der Waals surface area contributed by atoms with Crippen LogP contribution >= 0.6 is 0 Å². The van der Waals surface area contributed by atoms with Gasteiger partial charge in [-0.25, -0.2) is 0 Å². The maximum absolute atomic E-state index is 12.7. The number of carbonyl (C=O) groups is 2. The van der Waals surface area contributed by atoms with E-state index in [1.54, 1.807) is 36.4 Å². The Bertz CT molecular complexity index is 811. The molecule has 1 aliphatic heterocycles. The maximum Gasteiger partial charge on any atom is 0.265 e. The molecule has 0 unspecified atom stereocenters. The average Bonchev–Trinajstić information content (AvgIpc) is 2.78. The molecule has 1 aromatic heterocycles. The molecule has 1 amide bonds. The summed E-state index contributed by atoms with van der Waals surface area (Å²) in [5.74, 6) is 1.50. The number of Topliss-reactive ketones (excluding diaryl/α,β-unsaturated/α-hetero) is 1. The van der Waals surface area contributed by atoms with Crippen LogP contribution in [0.25, 0.3) is 0 Å². The summed E-state index contributed by atoms with van der Waals surface area (Å²) in [6.07, 6.45) is 7.95. The first-order chi connectivity index (χ1) is 11.1. The molecule has 0 spiro atoms. The van der Waals surface area contributed by atoms with Crippen LogP contribution in [-0.4, -0.2) is 28.3 Å². The zero-order valence-electron chi connectivity index (χ0n) is 12.3. The molecule has 5 nitrogen and oxygen atoms in total. The van der Waals surface area contributed by atoms with Crippen LogP contribution in [0.15, 0.2) is 48.8 Å². The largest absolute Gasteiger partial charge is 0.375 e. The van der Waals surface area contributed by atoms with E-state index in [0.717, 1.165) is 0 Å². The number of amides is 1. The molecule has 0 radical (unpaired) electrons. The van der Waals surface area contributed by atoms with Gasteiger partial charge in [0.1, 0.15) is 0 Å². The zero-order valence-corrected chi connectivity index (χ0v) is 12.3. The number of terminal acetylenes is 1. The van der Waals surface area contributed by atoms with Gasteiger partial charge in [-0.1, -0.05) is 24.1 Å². The lowest BCUT2D eigenvalue weighted by Gasteiger charge is -2.21. The van der Waals surface area contributed by atoms with Gasteiger partial charge in [0.05, 0.1) is 18.7 Å². The molecule has 0 aliphatic carbocycles. The molecule has 0 saturated carbocycles. The van der Waals surface area contributed by atoms with E-state index in [4.69, 9.17) is 6.42 Å². The van der Waals surface area contributed by atoms with Crippen LogP contribution < -0.4 is 4.90 Å². The predicted molar refractivity (Wildman–Crippen MR) is 84.7 cm³/mol. The number of aliphatic hydroxyl groups is 1. The van der Waals surface area contributed by atoms with E-state index in [1.807, 2.05) is 0 Å². The summed E-state index contributed by atoms with van der Waals surface area (Å²) in [5.41, 5.74) is -0.550. The van der Waals surface area contributed by atoms with Crippen molar-refractivity contribution in [2.45, 2.75) is 12.0 Å². The Balaban J connectivity index is 1.99. The van der Waals surface area contributed by atoms with Crippen molar-refractivity contribution in [1.82, 2.24) is 4.98 Å². The Morgan fingerprint density at radius 3 is 2.65 bits per heavy atom. The fourth-order valence-electron chi connectivity index (χ4n) is 2.80. The molecule has 0 saturated heterocycles. The van der Waals surface area contributed by atoms with Gasteiger partial charge in [0.2, 0.25) is 0 Å². The SMILES string of the molecule is C#CCN1C(=O)[C@@](O)(CC(=O)c2ccncc2)c2ccccc21. The second-order valence-electron chi connectivity index (χ2n) is 5.31. The Hall–Kier alpha value is -2.97. The summed E-state index contributed by atoms with van der Waals surface area (Å²) in [5, 5.41) is 10.9. The lowest BCUT2D eigenvalue weighted by molar-refractivity contribution is -0.135. The molecule has 1 N–H and O–H groups in total. The molecule has 3 rings (SSSR count). The van der Waals surface area contributed by atoms with Crippen LogP contribution in [0, 0.1) is 12.3 Å². The maximum atomic E-state index is 12.7. The fourth-order valence-corrected chi connectivity index (χ4v) is 2.80. The first kappa shape index (κ1) is 14.9. The summed E-state index contributed by atoms with van der Waals surface area (Å²) < 4.78 is 0. The number of benzene rings is 1. The minimum atomic E-state index is -1.90. The Labute approximate surface area is 133 Å². The molecule has 0 bridgehead atoms. The second kappa shape index (κ2) is 5.67. The lowest BCUT2D eigenvalue weighted by Crippen LogP contribution is -2.42. The van der Waals surface area contributed by atoms with Gasteiger partial charge in [0.25, 0.3) is 5.91 Å². The third-order valence-corrected chi connectivity index (χ3v) is 3.91. The van der Waals surface area contributed by atoms with Crippen molar-refractivity contribution in [2.75, 3.05) is 11.4 Å². The number of carbonyl (C=O) groups excluding carboxylic acids is 2. The molecule has 23 heavy (non-hydrogen) atoms. The minimum absolute atomic E-state index is 0.0433. The van der Waals surface area contributed by atoms with Crippen LogP contribution in [0.1, 0.15) is 22.3 Å². The van der Waals surface area contributed by atoms with Gasteiger partial charge in [-0.3, -0.25) is 19.5 Å². The first-order valence-electron chi connectivity index (χ1n) is 7.08. The summed E-state index contributed by atoms with van der Waals surface area (Å²) in [6, 6.07) is 9.93. The number of anilines is 1. The van der Waals surface area contributed by atoms with E-state index in [1.165, 1.54) is 17.3 Å². The van der Waals surface area contributed by atoms with Crippen molar-refractivity contribution < 1.29 is 14.7 Å². The van der Waals surface area contributed by atoms with Crippen LogP contribution in [0.3, 0.4) is 0 Å². The smallest absolute Gasteiger partial charge is 0.265 e. The van der Waals surface area contributed by atoms with Gasteiger partial charge in [0.15, 0.2) is 11.4 Å². The normalized spacial score (nSPS) is 19.3. The minimum Gasteiger partial charge on any atom is -0.375 e. The van der Waals surface area contributed by atoms with Gasteiger partial charge in [-0.15, -0.1) is 6.42 Å². The van der Waals surface area contributed by atoms with Gasteiger partial charge in [-0.2, -0.15) is 0 Å². The van der Waals surface area contributed by atoms with Crippen LogP contribution in [-0.2, 0) is 10.4 Å². The number of hydrogen-bond acceptors (Lipinski definition) is 4. The van der Waals surface area contributed by atoms with Crippen molar-refractivity contribution in [3.05, 3.63) is 59.9 Å². The molecule has 1 aliphatic rings. The lowest BCUT2D eigenvalue weighted by atomic mass is 9.88. The van der Waals surface area contributed by atoms with E-state index in [-0.39, 0.29) is 18.7 Å². The highest BCUT2D eigenvalue weighted by atomic mass is 16.3. The van der Waals surface area contributed by atoms with Gasteiger partial charge in [-0.05, 0) is 18.2 Å². The van der Waals surface area contributed by atoms with E-state index in [2.05, 4.69) is 10.9 Å². The summed E-state index contributed by atoms with van der Waals surface area (Å²) in [6.45, 7) is 0.0433. The third-order valence-electron chi connectivity index (χ3n) is 3.91. The number of pyridine rings is 1. The van der Waals surface area contributed by atoms with Crippen molar-refractivity contribution in [3.63, 3.8) is 0 Å². The molecule has 5 heteroatoms. The Kier molecular flexibility index (Phi) is 3.68. The molecule has 1 atom stereocenters. The second-order valence-corrected chi connectivity index (χ2v) is 5.31. The summed E-state index contributed by atoms with van der Waals surface area (Å²) in [7, 11) is 0. The number of hydrogen-bond donors (Lipinski definition) is 1. The van der Waals surface area contributed by atoms with Crippen LogP contribution in [0.2, 0.25) is 0 Å². The topological polar surface area (TPSA) is 70.5 Å². The van der Waals surface area contributed by atoms with E-state index in [9.17, 15) is 14.7 Å². The number of para-hydroxylation sites is 1. The Morgan fingerprint density at radius 2 is 1.96 bits per heavy atom. The van der Waals surface area contributed by atoms with E-state index < -0.39 is 11.5 Å². The van der Waals surface area contributed by atoms with Crippen molar-refractivity contribution in [1.29, 1.82) is 0 Å². The summed E-state index contributed by atoms with van der Waals surface area (Å²) in [4.78, 5) is 30.3. The number of ketones is 1. The number of fused-ring (bicyclic) bond motifs is 1. The molecule has 0 fully saturated rings. The quantitative estimate of drug-likeness (QED) is 0.687. The zero-order chi connectivity index (χ0) is 16.4. The Morgan fingerprint density at radius 1 is 1.26 bits per heavy atom. The third kappa shape index (κ3) is 2.39. The highest BCUT2D eigenvalue weighted by Crippen LogP contribution is 2.42. The summed E-state index contributed by atoms with van der Waals surface area (Å²) >= 11 is 0. The molecular weight excluding hydrogens is 292 g/mol. The number of nitrogens with zero attached hydrogens (tertiary/aromatic N) is 2. The number of rotatable bonds is 4. The first-order valence-corrected chi connectivity index (χ1v) is 7.08. The van der Waals surface area contributed by atoms with Crippen LogP contribution in [0.5, 0.6) is 0 Å². The monoisotopic (exact) mass is 306 g/mol. The number of aromatic nitrogens is 1. The molecule has 2 heterocycles. The molecule has 114 valence electrons. The predicted octanol–water partition coefficient (Wildman–Crippen LogP) is 1.52. The van der Waals surface area contributed by atoms with Crippen molar-refractivity contribution in [3.8, 4) is 12.3 Å². The fraction of sp³-hybridized carbons (Fsp3) is 0.167. The molecule has 2 aromatic rings. The molecule has 1 aromatic carbocycles. The molecular formula is C18H14N2O3. The standard InChI is InChI=1S/C18H14N2O3/c1-2-11-20-15-6-4-3-5-14(15)18(23,17(20)22)12-16(21)13-7-9-19-10-8-13/h1,3-10,23H,11-12H2/t18-/m1/s1. The highest BCUT2D eigenvalue weighted by molar-refractivity contribution is 6.10. The average molecular weight is 306 g/mol. The van der Waals surface area contributed by atoms with Crippen molar-refractivity contribution in [2.24, 2.45) is 0 Å².